The summed E-state index contributed by atoms with van der Waals surface area (Å²) in [5.74, 6) is 1.17. The zero-order valence-corrected chi connectivity index (χ0v) is 13.7. The summed E-state index contributed by atoms with van der Waals surface area (Å²) >= 11 is 7.07. The minimum Gasteiger partial charge on any atom is -0.347 e. The van der Waals surface area contributed by atoms with Crippen LogP contribution in [0.5, 0.6) is 0 Å². The first-order chi connectivity index (χ1) is 8.99. The van der Waals surface area contributed by atoms with Crippen molar-refractivity contribution in [1.82, 2.24) is 10.3 Å². The van der Waals surface area contributed by atoms with E-state index in [9.17, 15) is 0 Å². The summed E-state index contributed by atoms with van der Waals surface area (Å²) < 4.78 is 0. The molecule has 0 fully saturated rings. The maximum Gasteiger partial charge on any atom is 0.189 e. The smallest absolute Gasteiger partial charge is 0.189 e. The molecule has 0 saturated carbocycles. The SMILES string of the molecule is CC(C)CN(CC(C)C)C(=S)N/N=C\c1cccs1. The molecule has 0 aliphatic carbocycles. The van der Waals surface area contributed by atoms with Gasteiger partial charge in [-0.3, -0.25) is 5.43 Å². The van der Waals surface area contributed by atoms with E-state index in [1.807, 2.05) is 17.5 Å². The molecule has 0 unspecified atom stereocenters. The van der Waals surface area contributed by atoms with Crippen LogP contribution in [0.2, 0.25) is 0 Å². The number of hydrogen-bond donors (Lipinski definition) is 1. The Morgan fingerprint density at radius 3 is 2.47 bits per heavy atom. The zero-order chi connectivity index (χ0) is 14.3. The van der Waals surface area contributed by atoms with Gasteiger partial charge in [0.25, 0.3) is 0 Å². The van der Waals surface area contributed by atoms with E-state index in [0.29, 0.717) is 16.9 Å². The van der Waals surface area contributed by atoms with Gasteiger partial charge >= 0.3 is 0 Å². The summed E-state index contributed by atoms with van der Waals surface area (Å²) in [7, 11) is 0. The van der Waals surface area contributed by atoms with Crippen molar-refractivity contribution in [1.29, 1.82) is 0 Å². The number of nitrogens with zero attached hydrogens (tertiary/aromatic N) is 2. The van der Waals surface area contributed by atoms with Crippen LogP contribution in [0.15, 0.2) is 22.6 Å². The predicted molar refractivity (Wildman–Crippen MR) is 88.9 cm³/mol. The molecule has 0 saturated heterocycles. The third-order valence-corrected chi connectivity index (χ3v) is 3.51. The zero-order valence-electron chi connectivity index (χ0n) is 12.1. The number of rotatable bonds is 6. The van der Waals surface area contributed by atoms with Gasteiger partial charge in [-0.05, 0) is 35.5 Å². The molecule has 0 bridgehead atoms. The summed E-state index contributed by atoms with van der Waals surface area (Å²) in [4.78, 5) is 3.31. The van der Waals surface area contributed by atoms with Crippen molar-refractivity contribution in [3.8, 4) is 0 Å². The van der Waals surface area contributed by atoms with Crippen molar-refractivity contribution in [3.63, 3.8) is 0 Å². The first-order valence-electron chi connectivity index (χ1n) is 6.60. The lowest BCUT2D eigenvalue weighted by atomic mass is 10.1. The number of hydrogen-bond acceptors (Lipinski definition) is 3. The minimum absolute atomic E-state index is 0.583. The quantitative estimate of drug-likeness (QED) is 0.494. The van der Waals surface area contributed by atoms with Crippen LogP contribution >= 0.6 is 23.6 Å². The first kappa shape index (κ1) is 16.1. The average molecular weight is 297 g/mol. The van der Waals surface area contributed by atoms with Crippen LogP contribution in [0.25, 0.3) is 0 Å². The third-order valence-electron chi connectivity index (χ3n) is 2.35. The molecule has 106 valence electrons. The lowest BCUT2D eigenvalue weighted by Crippen LogP contribution is -2.41. The molecule has 1 aromatic rings. The Morgan fingerprint density at radius 2 is 2.00 bits per heavy atom. The summed E-state index contributed by atoms with van der Waals surface area (Å²) in [6.45, 7) is 10.7. The molecular formula is C14H23N3S2. The highest BCUT2D eigenvalue weighted by molar-refractivity contribution is 7.80. The van der Waals surface area contributed by atoms with Crippen molar-refractivity contribution in [3.05, 3.63) is 22.4 Å². The summed E-state index contributed by atoms with van der Waals surface area (Å²) in [5.41, 5.74) is 2.97. The largest absolute Gasteiger partial charge is 0.347 e. The second-order valence-corrected chi connectivity index (χ2v) is 6.75. The molecule has 0 aliphatic rings. The minimum atomic E-state index is 0.583. The van der Waals surface area contributed by atoms with E-state index < -0.39 is 0 Å². The number of hydrazone groups is 1. The Kier molecular flexibility index (Phi) is 7.02. The van der Waals surface area contributed by atoms with Gasteiger partial charge in [0, 0.05) is 18.0 Å². The molecule has 0 amide bonds. The van der Waals surface area contributed by atoms with Gasteiger partial charge in [0.05, 0.1) is 6.21 Å². The molecular weight excluding hydrogens is 274 g/mol. The Labute approximate surface area is 125 Å². The van der Waals surface area contributed by atoms with E-state index in [4.69, 9.17) is 12.2 Å². The van der Waals surface area contributed by atoms with Crippen molar-refractivity contribution >= 4 is 34.9 Å². The summed E-state index contributed by atoms with van der Waals surface area (Å²) in [6, 6.07) is 4.03. The Hall–Kier alpha value is -0.940. The van der Waals surface area contributed by atoms with Crippen LogP contribution in [-0.2, 0) is 0 Å². The van der Waals surface area contributed by atoms with E-state index in [2.05, 4.69) is 43.1 Å². The molecule has 0 aliphatic heterocycles. The molecule has 5 heteroatoms. The van der Waals surface area contributed by atoms with Crippen LogP contribution in [-0.4, -0.2) is 29.3 Å². The maximum atomic E-state index is 5.41. The van der Waals surface area contributed by atoms with Crippen LogP contribution in [0.4, 0.5) is 0 Å². The average Bonchev–Trinajstić information content (AvgIpc) is 2.79. The summed E-state index contributed by atoms with van der Waals surface area (Å²) in [6.07, 6.45) is 1.81. The Bertz CT molecular complexity index is 387. The van der Waals surface area contributed by atoms with Gasteiger partial charge in [0.2, 0.25) is 0 Å². The topological polar surface area (TPSA) is 27.6 Å². The molecule has 0 atom stereocenters. The van der Waals surface area contributed by atoms with Gasteiger partial charge in [-0.25, -0.2) is 0 Å². The second kappa shape index (κ2) is 8.27. The lowest BCUT2D eigenvalue weighted by molar-refractivity contribution is 0.324. The van der Waals surface area contributed by atoms with E-state index in [1.165, 1.54) is 0 Å². The van der Waals surface area contributed by atoms with Gasteiger partial charge in [0.1, 0.15) is 0 Å². The van der Waals surface area contributed by atoms with Crippen LogP contribution in [0.3, 0.4) is 0 Å². The Balaban J connectivity index is 2.51. The van der Waals surface area contributed by atoms with E-state index in [0.717, 1.165) is 18.0 Å². The monoisotopic (exact) mass is 297 g/mol. The van der Waals surface area contributed by atoms with Crippen molar-refractivity contribution < 1.29 is 0 Å². The van der Waals surface area contributed by atoms with Crippen molar-refractivity contribution in [2.45, 2.75) is 27.7 Å². The molecule has 0 aromatic carbocycles. The number of thiocarbonyl (C=S) groups is 1. The molecule has 0 spiro atoms. The maximum absolute atomic E-state index is 5.41. The lowest BCUT2D eigenvalue weighted by Gasteiger charge is -2.27. The number of nitrogens with one attached hydrogen (secondary N) is 1. The van der Waals surface area contributed by atoms with Gasteiger partial charge in [-0.2, -0.15) is 5.10 Å². The van der Waals surface area contributed by atoms with Gasteiger partial charge in [-0.15, -0.1) is 11.3 Å². The second-order valence-electron chi connectivity index (χ2n) is 5.38. The number of thiophene rings is 1. The molecule has 1 aromatic heterocycles. The van der Waals surface area contributed by atoms with Gasteiger partial charge in [0.15, 0.2) is 5.11 Å². The van der Waals surface area contributed by atoms with E-state index in [1.54, 1.807) is 17.6 Å². The van der Waals surface area contributed by atoms with E-state index >= 15 is 0 Å². The first-order valence-corrected chi connectivity index (χ1v) is 7.89. The molecule has 19 heavy (non-hydrogen) atoms. The fraction of sp³-hybridized carbons (Fsp3) is 0.571. The predicted octanol–water partition coefficient (Wildman–Crippen LogP) is 3.57. The normalized spacial score (nSPS) is 11.5. The third kappa shape index (κ3) is 6.68. The molecule has 1 heterocycles. The summed E-state index contributed by atoms with van der Waals surface area (Å²) in [5, 5.41) is 6.94. The van der Waals surface area contributed by atoms with Gasteiger partial charge < -0.3 is 4.90 Å². The molecule has 0 radical (unpaired) electrons. The standard InChI is InChI=1S/C14H23N3S2/c1-11(2)9-17(10-12(3)4)14(18)16-15-8-13-6-5-7-19-13/h5-8,11-12H,9-10H2,1-4H3,(H,16,18)/b15-8-. The van der Waals surface area contributed by atoms with Crippen LogP contribution in [0, 0.1) is 11.8 Å². The highest BCUT2D eigenvalue weighted by atomic mass is 32.1. The van der Waals surface area contributed by atoms with Crippen molar-refractivity contribution in [2.75, 3.05) is 13.1 Å². The highest BCUT2D eigenvalue weighted by Gasteiger charge is 2.12. The van der Waals surface area contributed by atoms with Crippen LogP contribution < -0.4 is 5.43 Å². The van der Waals surface area contributed by atoms with Crippen LogP contribution in [0.1, 0.15) is 32.6 Å². The highest BCUT2D eigenvalue weighted by Crippen LogP contribution is 2.06. The molecule has 1 rings (SSSR count). The fourth-order valence-corrected chi connectivity index (χ4v) is 2.50. The fourth-order valence-electron chi connectivity index (χ4n) is 1.71. The molecule has 3 nitrogen and oxygen atoms in total. The molecule has 1 N–H and O–H groups in total. The van der Waals surface area contributed by atoms with Gasteiger partial charge in [-0.1, -0.05) is 33.8 Å². The Morgan fingerprint density at radius 1 is 1.37 bits per heavy atom. The van der Waals surface area contributed by atoms with E-state index in [-0.39, 0.29) is 0 Å². The van der Waals surface area contributed by atoms with Crippen molar-refractivity contribution in [2.24, 2.45) is 16.9 Å².